The van der Waals surface area contributed by atoms with E-state index >= 15 is 0 Å². The number of hydrogen-bond donors (Lipinski definition) is 2. The number of benzene rings is 2. The second-order valence-corrected chi connectivity index (χ2v) is 7.56. The predicted molar refractivity (Wildman–Crippen MR) is 90.3 cm³/mol. The normalized spacial score (nSPS) is 14.0. The van der Waals surface area contributed by atoms with Gasteiger partial charge in [0.25, 0.3) is 10.0 Å². The number of rotatable bonds is 3. The van der Waals surface area contributed by atoms with Gasteiger partial charge >= 0.3 is 0 Å². The first kappa shape index (κ1) is 16.7. The maximum Gasteiger partial charge on any atom is 0.264 e. The largest absolute Gasteiger partial charge is 0.326 e. The first-order valence-corrected chi connectivity index (χ1v) is 9.04. The van der Waals surface area contributed by atoms with Crippen LogP contribution in [0.5, 0.6) is 0 Å². The lowest BCUT2D eigenvalue weighted by molar-refractivity contribution is -0.116. The molecular weight excluding hydrogens is 355 g/mol. The minimum Gasteiger partial charge on any atom is -0.326 e. The van der Waals surface area contributed by atoms with Gasteiger partial charge in [0.05, 0.1) is 5.69 Å². The van der Waals surface area contributed by atoms with Crippen LogP contribution in [-0.4, -0.2) is 14.3 Å². The summed E-state index contributed by atoms with van der Waals surface area (Å²) in [4.78, 5) is 10.9. The lowest BCUT2D eigenvalue weighted by atomic mass is 10.0. The minimum atomic E-state index is -4.13. The highest BCUT2D eigenvalue weighted by atomic mass is 35.5. The maximum absolute atomic E-state index is 14.3. The van der Waals surface area contributed by atoms with Gasteiger partial charge in [-0.15, -0.1) is 0 Å². The van der Waals surface area contributed by atoms with Gasteiger partial charge in [0.15, 0.2) is 0 Å². The van der Waals surface area contributed by atoms with Crippen molar-refractivity contribution in [3.63, 3.8) is 0 Å². The van der Waals surface area contributed by atoms with E-state index in [4.69, 9.17) is 11.6 Å². The van der Waals surface area contributed by atoms with Crippen LogP contribution in [0.2, 0.25) is 5.02 Å². The molecule has 5 nitrogen and oxygen atoms in total. The zero-order chi connectivity index (χ0) is 17.5. The quantitative estimate of drug-likeness (QED) is 0.871. The summed E-state index contributed by atoms with van der Waals surface area (Å²) in [5, 5.41) is 2.94. The Bertz CT molecular complexity index is 945. The highest BCUT2D eigenvalue weighted by molar-refractivity contribution is 7.92. The van der Waals surface area contributed by atoms with E-state index in [1.807, 2.05) is 0 Å². The van der Waals surface area contributed by atoms with Crippen LogP contribution in [0.3, 0.4) is 0 Å². The highest BCUT2D eigenvalue weighted by Crippen LogP contribution is 2.30. The summed E-state index contributed by atoms with van der Waals surface area (Å²) in [6, 6.07) is 7.08. The molecule has 0 bridgehead atoms. The SMILES string of the molecule is Cc1c(Cl)cccc1NS(=O)(=O)c1cc2c(cc1F)NC(=O)CC2. The summed E-state index contributed by atoms with van der Waals surface area (Å²) in [6.07, 6.45) is 0.596. The van der Waals surface area contributed by atoms with Crippen molar-refractivity contribution < 1.29 is 17.6 Å². The van der Waals surface area contributed by atoms with Gasteiger partial charge in [-0.05, 0) is 48.7 Å². The third kappa shape index (κ3) is 3.09. The number of fused-ring (bicyclic) bond motifs is 1. The number of carbonyl (C=O) groups excluding carboxylic acids is 1. The van der Waals surface area contributed by atoms with Crippen molar-refractivity contribution in [3.8, 4) is 0 Å². The summed E-state index contributed by atoms with van der Waals surface area (Å²) in [5.41, 5.74) is 1.72. The van der Waals surface area contributed by atoms with Gasteiger partial charge in [0.1, 0.15) is 10.7 Å². The van der Waals surface area contributed by atoms with Crippen molar-refractivity contribution >= 4 is 38.9 Å². The van der Waals surface area contributed by atoms with Crippen molar-refractivity contribution in [1.82, 2.24) is 0 Å². The van der Waals surface area contributed by atoms with Gasteiger partial charge < -0.3 is 5.32 Å². The number of aryl methyl sites for hydroxylation is 1. The Morgan fingerprint density at radius 1 is 1.25 bits per heavy atom. The lowest BCUT2D eigenvalue weighted by Crippen LogP contribution is -2.21. The number of nitrogens with one attached hydrogen (secondary N) is 2. The Labute approximate surface area is 143 Å². The molecule has 3 rings (SSSR count). The first-order chi connectivity index (χ1) is 11.3. The molecule has 0 fully saturated rings. The summed E-state index contributed by atoms with van der Waals surface area (Å²) in [6.45, 7) is 1.67. The van der Waals surface area contributed by atoms with Crippen molar-refractivity contribution in [1.29, 1.82) is 0 Å². The Morgan fingerprint density at radius 2 is 2.00 bits per heavy atom. The molecule has 1 aliphatic rings. The van der Waals surface area contributed by atoms with Gasteiger partial charge in [-0.3, -0.25) is 9.52 Å². The van der Waals surface area contributed by atoms with E-state index in [0.717, 1.165) is 6.07 Å². The number of amides is 1. The van der Waals surface area contributed by atoms with Gasteiger partial charge in [0, 0.05) is 17.1 Å². The molecule has 1 amide bonds. The molecule has 0 aromatic heterocycles. The topological polar surface area (TPSA) is 75.3 Å². The molecule has 0 radical (unpaired) electrons. The van der Waals surface area contributed by atoms with Crippen LogP contribution in [-0.2, 0) is 21.2 Å². The number of anilines is 2. The molecule has 0 unspecified atom stereocenters. The fourth-order valence-corrected chi connectivity index (χ4v) is 3.91. The van der Waals surface area contributed by atoms with Crippen LogP contribution in [0.15, 0.2) is 35.2 Å². The minimum absolute atomic E-state index is 0.217. The second-order valence-electron chi connectivity index (χ2n) is 5.51. The average molecular weight is 369 g/mol. The third-order valence-corrected chi connectivity index (χ3v) is 5.64. The molecule has 2 aromatic carbocycles. The molecule has 0 saturated carbocycles. The molecule has 24 heavy (non-hydrogen) atoms. The summed E-state index contributed by atoms with van der Waals surface area (Å²) < 4.78 is 41.8. The van der Waals surface area contributed by atoms with E-state index in [-0.39, 0.29) is 18.0 Å². The summed E-state index contributed by atoms with van der Waals surface area (Å²) in [5.74, 6) is -1.15. The van der Waals surface area contributed by atoms with Crippen LogP contribution >= 0.6 is 11.6 Å². The van der Waals surface area contributed by atoms with Crippen molar-refractivity contribution in [2.45, 2.75) is 24.7 Å². The Hall–Kier alpha value is -2.12. The van der Waals surface area contributed by atoms with Crippen molar-refractivity contribution in [2.24, 2.45) is 0 Å². The van der Waals surface area contributed by atoms with E-state index in [1.165, 1.54) is 6.07 Å². The lowest BCUT2D eigenvalue weighted by Gasteiger charge is -2.19. The smallest absolute Gasteiger partial charge is 0.264 e. The van der Waals surface area contributed by atoms with Crippen LogP contribution < -0.4 is 10.0 Å². The van der Waals surface area contributed by atoms with E-state index in [2.05, 4.69) is 10.0 Å². The van der Waals surface area contributed by atoms with E-state index in [9.17, 15) is 17.6 Å². The molecule has 0 atom stereocenters. The molecule has 2 aromatic rings. The van der Waals surface area contributed by atoms with Crippen molar-refractivity contribution in [2.75, 3.05) is 10.0 Å². The fraction of sp³-hybridized carbons (Fsp3) is 0.188. The molecule has 1 heterocycles. The zero-order valence-electron chi connectivity index (χ0n) is 12.7. The molecular formula is C16H14ClFN2O3S. The van der Waals surface area contributed by atoms with Crippen LogP contribution in [0.1, 0.15) is 17.5 Å². The number of sulfonamides is 1. The number of hydrogen-bond acceptors (Lipinski definition) is 3. The Morgan fingerprint density at radius 3 is 2.75 bits per heavy atom. The molecule has 8 heteroatoms. The summed E-state index contributed by atoms with van der Waals surface area (Å²) in [7, 11) is -4.13. The number of halogens is 2. The number of carbonyl (C=O) groups is 1. The predicted octanol–water partition coefficient (Wildman–Crippen LogP) is 3.47. The van der Waals surface area contributed by atoms with Gasteiger partial charge in [-0.2, -0.15) is 0 Å². The highest BCUT2D eigenvalue weighted by Gasteiger charge is 2.25. The third-order valence-electron chi connectivity index (χ3n) is 3.85. The molecule has 126 valence electrons. The van der Waals surface area contributed by atoms with Crippen LogP contribution in [0.25, 0.3) is 0 Å². The van der Waals surface area contributed by atoms with Gasteiger partial charge in [-0.1, -0.05) is 17.7 Å². The summed E-state index contributed by atoms with van der Waals surface area (Å²) >= 11 is 5.98. The average Bonchev–Trinajstić information content (AvgIpc) is 2.50. The molecule has 0 aliphatic carbocycles. The molecule has 1 aliphatic heterocycles. The van der Waals surface area contributed by atoms with Crippen LogP contribution in [0.4, 0.5) is 15.8 Å². The first-order valence-electron chi connectivity index (χ1n) is 7.18. The molecule has 0 spiro atoms. The van der Waals surface area contributed by atoms with E-state index in [1.54, 1.807) is 25.1 Å². The molecule has 2 N–H and O–H groups in total. The monoisotopic (exact) mass is 368 g/mol. The standard InChI is InChI=1S/C16H14ClFN2O3S/c1-9-11(17)3-2-4-13(9)20-24(22,23)15-7-10-5-6-16(21)19-14(10)8-12(15)18/h2-4,7-8,20H,5-6H2,1H3,(H,19,21). The van der Waals surface area contributed by atoms with E-state index in [0.29, 0.717) is 28.3 Å². The van der Waals surface area contributed by atoms with Gasteiger partial charge in [-0.25, -0.2) is 12.8 Å². The van der Waals surface area contributed by atoms with Gasteiger partial charge in [0.2, 0.25) is 5.91 Å². The Balaban J connectivity index is 2.01. The second kappa shape index (κ2) is 6.07. The Kier molecular flexibility index (Phi) is 4.23. The van der Waals surface area contributed by atoms with Crippen LogP contribution in [0, 0.1) is 12.7 Å². The zero-order valence-corrected chi connectivity index (χ0v) is 14.3. The maximum atomic E-state index is 14.3. The van der Waals surface area contributed by atoms with E-state index < -0.39 is 20.7 Å². The van der Waals surface area contributed by atoms with Crippen molar-refractivity contribution in [3.05, 3.63) is 52.3 Å². The fourth-order valence-electron chi connectivity index (χ4n) is 2.50. The molecule has 0 saturated heterocycles.